The minimum absolute atomic E-state index is 0.000877. The van der Waals surface area contributed by atoms with E-state index in [1.807, 2.05) is 13.8 Å². The summed E-state index contributed by atoms with van der Waals surface area (Å²) in [6.45, 7) is 6.78. The fourth-order valence-corrected chi connectivity index (χ4v) is 2.23. The largest absolute Gasteiger partial charge is 0.351 e. The quantitative estimate of drug-likeness (QED) is 0.795. The minimum Gasteiger partial charge on any atom is -0.351 e. The second-order valence-corrected chi connectivity index (χ2v) is 5.72. The molecule has 0 atom stereocenters. The van der Waals surface area contributed by atoms with Crippen molar-refractivity contribution in [1.82, 2.24) is 24.9 Å². The number of amides is 2. The van der Waals surface area contributed by atoms with Crippen molar-refractivity contribution in [3.05, 3.63) is 28.8 Å². The highest BCUT2D eigenvalue weighted by Gasteiger charge is 2.18. The smallest absolute Gasteiger partial charge is 0.273 e. The summed E-state index contributed by atoms with van der Waals surface area (Å²) < 4.78 is 3.06. The fraction of sp³-hybridized carbons (Fsp3) is 0.467. The van der Waals surface area contributed by atoms with Crippen molar-refractivity contribution in [3.63, 3.8) is 0 Å². The van der Waals surface area contributed by atoms with Gasteiger partial charge in [0.1, 0.15) is 6.54 Å². The zero-order valence-electron chi connectivity index (χ0n) is 14.0. The van der Waals surface area contributed by atoms with E-state index in [0.717, 1.165) is 6.42 Å². The van der Waals surface area contributed by atoms with Crippen LogP contribution in [0.1, 0.15) is 36.5 Å². The Kier molecular flexibility index (Phi) is 5.97. The Morgan fingerprint density at radius 1 is 1.21 bits per heavy atom. The normalized spacial score (nSPS) is 10.7. The maximum Gasteiger partial charge on any atom is 0.273 e. The highest BCUT2D eigenvalue weighted by atomic mass is 35.5. The molecule has 0 aliphatic heterocycles. The van der Waals surface area contributed by atoms with Gasteiger partial charge in [-0.1, -0.05) is 18.5 Å². The Bertz CT molecular complexity index is 717. The molecule has 0 spiro atoms. The van der Waals surface area contributed by atoms with E-state index in [-0.39, 0.29) is 24.1 Å². The van der Waals surface area contributed by atoms with E-state index in [1.54, 1.807) is 24.0 Å². The molecular weight excluding hydrogens is 332 g/mol. The number of anilines is 1. The van der Waals surface area contributed by atoms with Crippen molar-refractivity contribution in [2.45, 2.75) is 40.3 Å². The molecule has 2 N–H and O–H groups in total. The lowest BCUT2D eigenvalue weighted by Gasteiger charge is -2.06. The zero-order chi connectivity index (χ0) is 17.7. The minimum atomic E-state index is -0.311. The molecular formula is C15H21ClN6O2. The van der Waals surface area contributed by atoms with E-state index in [4.69, 9.17) is 11.6 Å². The van der Waals surface area contributed by atoms with Gasteiger partial charge >= 0.3 is 0 Å². The van der Waals surface area contributed by atoms with Crippen molar-refractivity contribution in [1.29, 1.82) is 0 Å². The lowest BCUT2D eigenvalue weighted by Crippen LogP contribution is -2.26. The van der Waals surface area contributed by atoms with Gasteiger partial charge in [-0.15, -0.1) is 0 Å². The van der Waals surface area contributed by atoms with Gasteiger partial charge in [-0.3, -0.25) is 19.0 Å². The van der Waals surface area contributed by atoms with E-state index in [0.29, 0.717) is 29.5 Å². The molecule has 9 heteroatoms. The molecule has 0 aliphatic rings. The van der Waals surface area contributed by atoms with E-state index in [9.17, 15) is 9.59 Å². The summed E-state index contributed by atoms with van der Waals surface area (Å²) >= 11 is 5.93. The Morgan fingerprint density at radius 3 is 2.54 bits per heavy atom. The summed E-state index contributed by atoms with van der Waals surface area (Å²) in [6.07, 6.45) is 4.04. The van der Waals surface area contributed by atoms with E-state index in [2.05, 4.69) is 20.8 Å². The molecule has 0 aromatic carbocycles. The van der Waals surface area contributed by atoms with Gasteiger partial charge < -0.3 is 10.6 Å². The molecule has 8 nitrogen and oxygen atoms in total. The first kappa shape index (κ1) is 18.0. The molecule has 0 radical (unpaired) electrons. The van der Waals surface area contributed by atoms with Crippen LogP contribution in [0.25, 0.3) is 0 Å². The lowest BCUT2D eigenvalue weighted by molar-refractivity contribution is -0.116. The number of nitrogens with one attached hydrogen (secondary N) is 2. The third-order valence-electron chi connectivity index (χ3n) is 3.30. The molecule has 2 aromatic heterocycles. The molecule has 0 bridgehead atoms. The molecule has 0 saturated carbocycles. The standard InChI is InChI=1S/C15H21ClN6O2/c1-4-6-17-15(24)14-12(8-21(5-2)20-14)18-13(23)9-22-7-11(16)10(3)19-22/h7-8H,4-6,9H2,1-3H3,(H,17,24)(H,18,23). The van der Waals surface area contributed by atoms with Crippen LogP contribution in [0.3, 0.4) is 0 Å². The lowest BCUT2D eigenvalue weighted by atomic mass is 10.3. The Morgan fingerprint density at radius 2 is 1.96 bits per heavy atom. The first-order valence-electron chi connectivity index (χ1n) is 7.79. The molecule has 0 fully saturated rings. The second-order valence-electron chi connectivity index (χ2n) is 5.31. The molecule has 2 amide bonds. The van der Waals surface area contributed by atoms with Gasteiger partial charge in [0.05, 0.1) is 16.4 Å². The predicted molar refractivity (Wildman–Crippen MR) is 91.1 cm³/mol. The Labute approximate surface area is 145 Å². The fourth-order valence-electron chi connectivity index (χ4n) is 2.08. The summed E-state index contributed by atoms with van der Waals surface area (Å²) in [5.41, 5.74) is 1.24. The maximum absolute atomic E-state index is 12.2. The number of carbonyl (C=O) groups excluding carboxylic acids is 2. The average Bonchev–Trinajstić information content (AvgIpc) is 3.08. The molecule has 0 saturated heterocycles. The number of nitrogens with zero attached hydrogens (tertiary/aromatic N) is 4. The molecule has 0 aliphatic carbocycles. The van der Waals surface area contributed by atoms with Crippen LogP contribution in [0.4, 0.5) is 5.69 Å². The highest BCUT2D eigenvalue weighted by Crippen LogP contribution is 2.15. The van der Waals surface area contributed by atoms with Crippen molar-refractivity contribution >= 4 is 29.1 Å². The molecule has 0 unspecified atom stereocenters. The third kappa shape index (κ3) is 4.35. The van der Waals surface area contributed by atoms with Crippen molar-refractivity contribution < 1.29 is 9.59 Å². The van der Waals surface area contributed by atoms with Crippen LogP contribution in [0, 0.1) is 6.92 Å². The van der Waals surface area contributed by atoms with Crippen LogP contribution in [0.2, 0.25) is 5.02 Å². The molecule has 2 heterocycles. The second kappa shape index (κ2) is 7.96. The van der Waals surface area contributed by atoms with Crippen LogP contribution in [-0.2, 0) is 17.9 Å². The van der Waals surface area contributed by atoms with Crippen molar-refractivity contribution in [3.8, 4) is 0 Å². The van der Waals surface area contributed by atoms with E-state index in [1.165, 1.54) is 4.68 Å². The summed E-state index contributed by atoms with van der Waals surface area (Å²) in [5, 5.41) is 14.3. The third-order valence-corrected chi connectivity index (χ3v) is 3.67. The number of hydrogen-bond acceptors (Lipinski definition) is 4. The van der Waals surface area contributed by atoms with E-state index >= 15 is 0 Å². The van der Waals surface area contributed by atoms with Crippen LogP contribution in [0.15, 0.2) is 12.4 Å². The van der Waals surface area contributed by atoms with Gasteiger partial charge in [0.2, 0.25) is 5.91 Å². The van der Waals surface area contributed by atoms with Crippen LogP contribution >= 0.6 is 11.6 Å². The molecule has 2 rings (SSSR count). The summed E-state index contributed by atoms with van der Waals surface area (Å²) in [6, 6.07) is 0. The SMILES string of the molecule is CCCNC(=O)c1nn(CC)cc1NC(=O)Cn1cc(Cl)c(C)n1. The predicted octanol–water partition coefficient (Wildman–Crippen LogP) is 1.84. The molecule has 24 heavy (non-hydrogen) atoms. The monoisotopic (exact) mass is 352 g/mol. The summed E-state index contributed by atoms with van der Waals surface area (Å²) in [4.78, 5) is 24.4. The first-order valence-corrected chi connectivity index (χ1v) is 8.17. The highest BCUT2D eigenvalue weighted by molar-refractivity contribution is 6.31. The summed E-state index contributed by atoms with van der Waals surface area (Å²) in [5.74, 6) is -0.619. The number of rotatable bonds is 7. The first-order chi connectivity index (χ1) is 11.4. The maximum atomic E-state index is 12.2. The van der Waals surface area contributed by atoms with E-state index < -0.39 is 0 Å². The number of aryl methyl sites for hydroxylation is 2. The van der Waals surface area contributed by atoms with Crippen molar-refractivity contribution in [2.75, 3.05) is 11.9 Å². The number of hydrogen-bond donors (Lipinski definition) is 2. The van der Waals surface area contributed by atoms with Crippen LogP contribution in [0.5, 0.6) is 0 Å². The van der Waals surface area contributed by atoms with Gasteiger partial charge in [-0.05, 0) is 20.3 Å². The number of carbonyl (C=O) groups is 2. The van der Waals surface area contributed by atoms with Crippen LogP contribution < -0.4 is 10.6 Å². The molecule has 2 aromatic rings. The zero-order valence-corrected chi connectivity index (χ0v) is 14.7. The Balaban J connectivity index is 2.11. The van der Waals surface area contributed by atoms with Gasteiger partial charge in [0.25, 0.3) is 5.91 Å². The average molecular weight is 353 g/mol. The topological polar surface area (TPSA) is 93.8 Å². The summed E-state index contributed by atoms with van der Waals surface area (Å²) in [7, 11) is 0. The Hall–Kier alpha value is -2.35. The van der Waals surface area contributed by atoms with Gasteiger partial charge in [0, 0.05) is 25.5 Å². The van der Waals surface area contributed by atoms with Crippen LogP contribution in [-0.4, -0.2) is 37.9 Å². The van der Waals surface area contributed by atoms with Gasteiger partial charge in [-0.2, -0.15) is 10.2 Å². The van der Waals surface area contributed by atoms with Crippen molar-refractivity contribution in [2.24, 2.45) is 0 Å². The number of aromatic nitrogens is 4. The molecule has 130 valence electrons. The number of halogens is 1. The van der Waals surface area contributed by atoms with Gasteiger partial charge in [0.15, 0.2) is 5.69 Å². The van der Waals surface area contributed by atoms with Gasteiger partial charge in [-0.25, -0.2) is 0 Å².